The van der Waals surface area contributed by atoms with Crippen molar-refractivity contribution in [3.8, 4) is 0 Å². The molecule has 1 fully saturated rings. The molecule has 0 unspecified atom stereocenters. The maximum absolute atomic E-state index is 12.8. The van der Waals surface area contributed by atoms with Crippen molar-refractivity contribution < 1.29 is 34.2 Å². The Balaban J connectivity index is 1.89. The summed E-state index contributed by atoms with van der Waals surface area (Å²) in [6.07, 6.45) is -3.89. The van der Waals surface area contributed by atoms with Gasteiger partial charge < -0.3 is 4.90 Å². The van der Waals surface area contributed by atoms with Crippen LogP contribution in [-0.4, -0.2) is 75.6 Å². The zero-order valence-corrected chi connectivity index (χ0v) is 16.7. The normalized spacial score (nSPS) is 17.1. The number of halogens is 3. The SMILES string of the molecule is CCS(=O)(=O)OCCCS(=O)(=O)N1CCN(c2cc(C(F)(F)F)cnn2)CC1. The number of alkyl halides is 3. The third-order valence-electron chi connectivity index (χ3n) is 4.09. The van der Waals surface area contributed by atoms with Crippen LogP contribution in [0.15, 0.2) is 12.3 Å². The quantitative estimate of drug-likeness (QED) is 0.424. The Bertz CT molecular complexity index is 869. The number of nitrogens with zero attached hydrogens (tertiary/aromatic N) is 4. The van der Waals surface area contributed by atoms with Gasteiger partial charge in [0.25, 0.3) is 10.1 Å². The van der Waals surface area contributed by atoms with Gasteiger partial charge in [0, 0.05) is 26.2 Å². The van der Waals surface area contributed by atoms with Crippen molar-refractivity contribution in [2.75, 3.05) is 49.2 Å². The van der Waals surface area contributed by atoms with E-state index < -0.39 is 31.9 Å². The lowest BCUT2D eigenvalue weighted by atomic mass is 10.2. The monoisotopic (exact) mass is 446 g/mol. The first-order chi connectivity index (χ1) is 12.9. The molecule has 0 N–H and O–H groups in total. The predicted octanol–water partition coefficient (Wildman–Crippen LogP) is 0.704. The lowest BCUT2D eigenvalue weighted by Gasteiger charge is -2.34. The minimum atomic E-state index is -4.54. The first-order valence-corrected chi connectivity index (χ1v) is 11.6. The molecule has 0 amide bonds. The molecule has 1 aromatic rings. The van der Waals surface area contributed by atoms with E-state index in [1.165, 1.54) is 16.1 Å². The number of sulfonamides is 1. The lowest BCUT2D eigenvalue weighted by Crippen LogP contribution is -2.49. The second kappa shape index (κ2) is 8.88. The smallest absolute Gasteiger partial charge is 0.352 e. The minimum Gasteiger partial charge on any atom is -0.352 e. The second-order valence-electron chi connectivity index (χ2n) is 6.02. The number of anilines is 1. The Labute approximate surface area is 161 Å². The zero-order valence-electron chi connectivity index (χ0n) is 15.1. The van der Waals surface area contributed by atoms with Gasteiger partial charge in [0.1, 0.15) is 0 Å². The fourth-order valence-electron chi connectivity index (χ4n) is 2.50. The molecule has 9 nitrogen and oxygen atoms in total. The summed E-state index contributed by atoms with van der Waals surface area (Å²) in [5.41, 5.74) is -0.922. The van der Waals surface area contributed by atoms with Crippen LogP contribution in [0, 0.1) is 0 Å². The van der Waals surface area contributed by atoms with Crippen LogP contribution in [0.3, 0.4) is 0 Å². The molecule has 2 rings (SSSR count). The highest BCUT2D eigenvalue weighted by Gasteiger charge is 2.33. The van der Waals surface area contributed by atoms with Gasteiger partial charge in [-0.25, -0.2) is 8.42 Å². The highest BCUT2D eigenvalue weighted by atomic mass is 32.2. The largest absolute Gasteiger partial charge is 0.418 e. The van der Waals surface area contributed by atoms with Gasteiger partial charge in [-0.15, -0.1) is 5.10 Å². The average Bonchev–Trinajstić information content (AvgIpc) is 2.65. The van der Waals surface area contributed by atoms with E-state index in [0.717, 1.165) is 6.07 Å². The number of hydrogen-bond acceptors (Lipinski definition) is 8. The van der Waals surface area contributed by atoms with Crippen molar-refractivity contribution >= 4 is 26.0 Å². The van der Waals surface area contributed by atoms with E-state index in [2.05, 4.69) is 14.4 Å². The third-order valence-corrected chi connectivity index (χ3v) is 7.28. The molecule has 1 aliphatic rings. The van der Waals surface area contributed by atoms with Gasteiger partial charge in [0.05, 0.1) is 29.9 Å². The topological polar surface area (TPSA) is 110 Å². The zero-order chi connectivity index (χ0) is 21.0. The van der Waals surface area contributed by atoms with Crippen LogP contribution in [0.25, 0.3) is 0 Å². The van der Waals surface area contributed by atoms with Gasteiger partial charge in [0.2, 0.25) is 10.0 Å². The first kappa shape index (κ1) is 22.8. The fraction of sp³-hybridized carbons (Fsp3) is 0.714. The van der Waals surface area contributed by atoms with Crippen molar-refractivity contribution in [3.05, 3.63) is 17.8 Å². The van der Waals surface area contributed by atoms with Gasteiger partial charge in [-0.1, -0.05) is 0 Å². The van der Waals surface area contributed by atoms with Gasteiger partial charge >= 0.3 is 6.18 Å². The molecule has 1 saturated heterocycles. The van der Waals surface area contributed by atoms with Gasteiger partial charge in [-0.05, 0) is 19.4 Å². The second-order valence-corrected chi connectivity index (χ2v) is 10.0. The van der Waals surface area contributed by atoms with E-state index in [9.17, 15) is 30.0 Å². The fourth-order valence-corrected chi connectivity index (χ4v) is 4.50. The molecule has 0 saturated carbocycles. The summed E-state index contributed by atoms with van der Waals surface area (Å²) in [5.74, 6) is -0.444. The number of piperazine rings is 1. The van der Waals surface area contributed by atoms with Crippen LogP contribution in [0.1, 0.15) is 18.9 Å². The summed E-state index contributed by atoms with van der Waals surface area (Å²) < 4.78 is 91.3. The van der Waals surface area contributed by atoms with E-state index >= 15 is 0 Å². The summed E-state index contributed by atoms with van der Waals surface area (Å²) in [5, 5.41) is 7.05. The summed E-state index contributed by atoms with van der Waals surface area (Å²) >= 11 is 0. The number of hydrogen-bond donors (Lipinski definition) is 0. The molecule has 2 heterocycles. The molecule has 0 spiro atoms. The van der Waals surface area contributed by atoms with E-state index in [0.29, 0.717) is 6.20 Å². The molecule has 0 aromatic carbocycles. The summed E-state index contributed by atoms with van der Waals surface area (Å²) in [7, 11) is -7.25. The Morgan fingerprint density at radius 1 is 1.14 bits per heavy atom. The molecule has 28 heavy (non-hydrogen) atoms. The molecule has 160 valence electrons. The summed E-state index contributed by atoms with van der Waals surface area (Å²) in [4.78, 5) is 1.53. The minimum absolute atomic E-state index is 0.0148. The standard InChI is InChI=1S/C14H21F3N4O5S2/c1-2-28(24,25)26-8-3-9-27(22,23)21-6-4-20(5-7-21)13-10-12(11-18-19-13)14(15,16)17/h10-11H,2-9H2,1H3. The highest BCUT2D eigenvalue weighted by Crippen LogP contribution is 2.30. The maximum atomic E-state index is 12.8. The molecule has 14 heteroatoms. The van der Waals surface area contributed by atoms with Crippen molar-refractivity contribution in [2.24, 2.45) is 0 Å². The Hall–Kier alpha value is -1.51. The lowest BCUT2D eigenvalue weighted by molar-refractivity contribution is -0.137. The van der Waals surface area contributed by atoms with Crippen LogP contribution in [-0.2, 0) is 30.5 Å². The van der Waals surface area contributed by atoms with E-state index in [-0.39, 0.29) is 56.5 Å². The van der Waals surface area contributed by atoms with E-state index in [1.807, 2.05) is 0 Å². The van der Waals surface area contributed by atoms with Crippen LogP contribution >= 0.6 is 0 Å². The Morgan fingerprint density at radius 3 is 2.36 bits per heavy atom. The van der Waals surface area contributed by atoms with Crippen LogP contribution in [0.2, 0.25) is 0 Å². The van der Waals surface area contributed by atoms with Gasteiger partial charge in [-0.3, -0.25) is 4.18 Å². The molecule has 1 aliphatic heterocycles. The molecular formula is C14H21F3N4O5S2. The Morgan fingerprint density at radius 2 is 1.79 bits per heavy atom. The summed E-state index contributed by atoms with van der Waals surface area (Å²) in [6, 6.07) is 0.878. The van der Waals surface area contributed by atoms with Crippen LogP contribution < -0.4 is 4.90 Å². The number of aromatic nitrogens is 2. The van der Waals surface area contributed by atoms with Crippen molar-refractivity contribution in [2.45, 2.75) is 19.5 Å². The van der Waals surface area contributed by atoms with E-state index in [4.69, 9.17) is 0 Å². The van der Waals surface area contributed by atoms with Gasteiger partial charge in [-0.2, -0.15) is 31.0 Å². The average molecular weight is 446 g/mol. The van der Waals surface area contributed by atoms with E-state index in [1.54, 1.807) is 0 Å². The number of rotatable bonds is 8. The molecule has 0 radical (unpaired) electrons. The highest BCUT2D eigenvalue weighted by molar-refractivity contribution is 7.89. The Kier molecular flexibility index (Phi) is 7.22. The predicted molar refractivity (Wildman–Crippen MR) is 94.6 cm³/mol. The maximum Gasteiger partial charge on any atom is 0.418 e. The van der Waals surface area contributed by atoms with Crippen molar-refractivity contribution in [3.63, 3.8) is 0 Å². The van der Waals surface area contributed by atoms with Crippen molar-refractivity contribution in [1.29, 1.82) is 0 Å². The third kappa shape index (κ3) is 6.25. The molecule has 0 aliphatic carbocycles. The first-order valence-electron chi connectivity index (χ1n) is 8.44. The molecule has 0 bridgehead atoms. The van der Waals surface area contributed by atoms with Gasteiger partial charge in [0.15, 0.2) is 5.82 Å². The van der Waals surface area contributed by atoms with Crippen LogP contribution in [0.4, 0.5) is 19.0 Å². The molecule has 0 atom stereocenters. The van der Waals surface area contributed by atoms with Crippen LogP contribution in [0.5, 0.6) is 0 Å². The molecular weight excluding hydrogens is 425 g/mol. The molecule has 1 aromatic heterocycles. The summed E-state index contributed by atoms with van der Waals surface area (Å²) in [6.45, 7) is 1.67. The van der Waals surface area contributed by atoms with Crippen molar-refractivity contribution in [1.82, 2.24) is 14.5 Å².